The van der Waals surface area contributed by atoms with E-state index in [0.29, 0.717) is 16.5 Å². The first-order chi connectivity index (χ1) is 6.20. The zero-order valence-corrected chi connectivity index (χ0v) is 7.84. The average molecular weight is 196 g/mol. The Balaban J connectivity index is 2.53. The van der Waals surface area contributed by atoms with Crippen LogP contribution < -0.4 is 5.73 Å². The van der Waals surface area contributed by atoms with Crippen molar-refractivity contribution >= 4 is 17.5 Å². The van der Waals surface area contributed by atoms with Crippen LogP contribution in [0.25, 0.3) is 0 Å². The summed E-state index contributed by atoms with van der Waals surface area (Å²) in [5, 5.41) is 0.469. The Hall–Kier alpha value is -1.02. The summed E-state index contributed by atoms with van der Waals surface area (Å²) in [5.74, 6) is 0.0775. The molecular weight excluding hydrogens is 186 g/mol. The van der Waals surface area contributed by atoms with Crippen LogP contribution in [0.15, 0.2) is 18.2 Å². The van der Waals surface area contributed by atoms with Gasteiger partial charge < -0.3 is 5.73 Å². The van der Waals surface area contributed by atoms with E-state index in [9.17, 15) is 4.79 Å². The van der Waals surface area contributed by atoms with Crippen LogP contribution in [0.2, 0.25) is 5.02 Å². The highest BCUT2D eigenvalue weighted by Gasteiger charge is 2.28. The summed E-state index contributed by atoms with van der Waals surface area (Å²) in [4.78, 5) is 11.1. The topological polar surface area (TPSA) is 43.1 Å². The third-order valence-corrected chi connectivity index (χ3v) is 2.62. The molecule has 0 aromatic heterocycles. The first-order valence-corrected chi connectivity index (χ1v) is 4.66. The first-order valence-electron chi connectivity index (χ1n) is 4.28. The zero-order valence-electron chi connectivity index (χ0n) is 7.09. The van der Waals surface area contributed by atoms with E-state index < -0.39 is 5.91 Å². The zero-order chi connectivity index (χ0) is 9.42. The number of hydrogen-bond acceptors (Lipinski definition) is 1. The molecule has 0 aliphatic heterocycles. The van der Waals surface area contributed by atoms with Crippen molar-refractivity contribution < 1.29 is 4.79 Å². The number of carbonyl (C=O) groups is 1. The molecule has 3 heteroatoms. The minimum absolute atomic E-state index is 0.424. The van der Waals surface area contributed by atoms with E-state index >= 15 is 0 Å². The van der Waals surface area contributed by atoms with Gasteiger partial charge in [0, 0.05) is 0 Å². The Kier molecular flexibility index (Phi) is 2.00. The van der Waals surface area contributed by atoms with E-state index in [-0.39, 0.29) is 0 Å². The second kappa shape index (κ2) is 3.04. The quantitative estimate of drug-likeness (QED) is 0.773. The maximum absolute atomic E-state index is 11.1. The number of primary amides is 1. The van der Waals surface area contributed by atoms with Gasteiger partial charge >= 0.3 is 0 Å². The van der Waals surface area contributed by atoms with Gasteiger partial charge in [0.1, 0.15) is 0 Å². The maximum Gasteiger partial charge on any atom is 0.250 e. The largest absolute Gasteiger partial charge is 0.366 e. The third-order valence-electron chi connectivity index (χ3n) is 2.31. The SMILES string of the molecule is NC(=O)c1c(Cl)cccc1C1CC1. The van der Waals surface area contributed by atoms with Crippen LogP contribution in [0.3, 0.4) is 0 Å². The Bertz CT molecular complexity index is 358. The Morgan fingerprint density at radius 1 is 1.46 bits per heavy atom. The molecule has 1 aromatic rings. The molecule has 1 fully saturated rings. The monoisotopic (exact) mass is 195 g/mol. The molecule has 68 valence electrons. The van der Waals surface area contributed by atoms with Gasteiger partial charge in [-0.3, -0.25) is 4.79 Å². The molecule has 0 heterocycles. The average Bonchev–Trinajstić information content (AvgIpc) is 2.85. The van der Waals surface area contributed by atoms with Crippen molar-refractivity contribution in [1.82, 2.24) is 0 Å². The van der Waals surface area contributed by atoms with E-state index in [1.165, 1.54) is 0 Å². The fourth-order valence-electron chi connectivity index (χ4n) is 1.54. The van der Waals surface area contributed by atoms with E-state index in [2.05, 4.69) is 0 Å². The molecule has 2 N–H and O–H groups in total. The van der Waals surface area contributed by atoms with Gasteiger partial charge in [-0.25, -0.2) is 0 Å². The number of benzene rings is 1. The lowest BCUT2D eigenvalue weighted by atomic mass is 10.0. The second-order valence-electron chi connectivity index (χ2n) is 3.34. The van der Waals surface area contributed by atoms with E-state index in [1.54, 1.807) is 6.07 Å². The van der Waals surface area contributed by atoms with Crippen molar-refractivity contribution in [2.24, 2.45) is 5.73 Å². The normalized spacial score (nSPS) is 15.8. The molecule has 13 heavy (non-hydrogen) atoms. The van der Waals surface area contributed by atoms with Crippen molar-refractivity contribution in [1.29, 1.82) is 0 Å². The molecule has 0 unspecified atom stereocenters. The number of rotatable bonds is 2. The summed E-state index contributed by atoms with van der Waals surface area (Å²) in [7, 11) is 0. The van der Waals surface area contributed by atoms with Gasteiger partial charge in [-0.15, -0.1) is 0 Å². The fraction of sp³-hybridized carbons (Fsp3) is 0.300. The lowest BCUT2D eigenvalue weighted by molar-refractivity contribution is 0.0999. The molecule has 0 saturated heterocycles. The third kappa shape index (κ3) is 1.54. The Morgan fingerprint density at radius 3 is 2.69 bits per heavy atom. The first kappa shape index (κ1) is 8.57. The molecule has 0 bridgehead atoms. The number of nitrogens with two attached hydrogens (primary N) is 1. The fourth-order valence-corrected chi connectivity index (χ4v) is 1.81. The standard InChI is InChI=1S/C10H10ClNO/c11-8-3-1-2-7(6-4-5-6)9(8)10(12)13/h1-3,6H,4-5H2,(H2,12,13). The number of amides is 1. The highest BCUT2D eigenvalue weighted by atomic mass is 35.5. The predicted molar refractivity (Wildman–Crippen MR) is 51.9 cm³/mol. The van der Waals surface area contributed by atoms with E-state index in [4.69, 9.17) is 17.3 Å². The van der Waals surface area contributed by atoms with Crippen LogP contribution in [0.5, 0.6) is 0 Å². The van der Waals surface area contributed by atoms with Gasteiger partial charge in [0.05, 0.1) is 10.6 Å². The summed E-state index contributed by atoms with van der Waals surface area (Å²) in [6.45, 7) is 0. The second-order valence-corrected chi connectivity index (χ2v) is 3.75. The van der Waals surface area contributed by atoms with Crippen LogP contribution in [0.4, 0.5) is 0 Å². The van der Waals surface area contributed by atoms with Gasteiger partial charge in [-0.05, 0) is 30.4 Å². The Labute approximate surface area is 81.7 Å². The van der Waals surface area contributed by atoms with Gasteiger partial charge in [-0.2, -0.15) is 0 Å². The highest BCUT2D eigenvalue weighted by molar-refractivity contribution is 6.34. The van der Waals surface area contributed by atoms with Crippen LogP contribution >= 0.6 is 11.6 Å². The molecule has 1 amide bonds. The molecule has 0 spiro atoms. The van der Waals surface area contributed by atoms with Gasteiger partial charge in [-0.1, -0.05) is 23.7 Å². The lowest BCUT2D eigenvalue weighted by Gasteiger charge is -2.06. The lowest BCUT2D eigenvalue weighted by Crippen LogP contribution is -2.14. The highest BCUT2D eigenvalue weighted by Crippen LogP contribution is 2.42. The molecular formula is C10H10ClNO. The van der Waals surface area contributed by atoms with Gasteiger partial charge in [0.15, 0.2) is 0 Å². The summed E-state index contributed by atoms with van der Waals surface area (Å²) >= 11 is 5.90. The van der Waals surface area contributed by atoms with Crippen molar-refractivity contribution in [3.63, 3.8) is 0 Å². The van der Waals surface area contributed by atoms with Crippen molar-refractivity contribution in [2.75, 3.05) is 0 Å². The molecule has 1 aromatic carbocycles. The van der Waals surface area contributed by atoms with E-state index in [1.807, 2.05) is 12.1 Å². The maximum atomic E-state index is 11.1. The number of carbonyl (C=O) groups excluding carboxylic acids is 1. The molecule has 0 atom stereocenters. The summed E-state index contributed by atoms with van der Waals surface area (Å²) < 4.78 is 0. The minimum Gasteiger partial charge on any atom is -0.366 e. The molecule has 0 radical (unpaired) electrons. The molecule has 1 saturated carbocycles. The van der Waals surface area contributed by atoms with Crippen LogP contribution in [0.1, 0.15) is 34.7 Å². The van der Waals surface area contributed by atoms with Crippen molar-refractivity contribution in [3.05, 3.63) is 34.3 Å². The number of halogens is 1. The molecule has 1 aliphatic rings. The summed E-state index contributed by atoms with van der Waals surface area (Å²) in [6.07, 6.45) is 2.28. The van der Waals surface area contributed by atoms with Gasteiger partial charge in [0.2, 0.25) is 0 Å². The minimum atomic E-state index is -0.424. The molecule has 1 aliphatic carbocycles. The molecule has 2 nitrogen and oxygen atoms in total. The summed E-state index contributed by atoms with van der Waals surface area (Å²) in [6, 6.07) is 5.50. The number of hydrogen-bond donors (Lipinski definition) is 1. The van der Waals surface area contributed by atoms with Crippen LogP contribution in [-0.4, -0.2) is 5.91 Å². The van der Waals surface area contributed by atoms with Crippen molar-refractivity contribution in [2.45, 2.75) is 18.8 Å². The van der Waals surface area contributed by atoms with Crippen LogP contribution in [0, 0.1) is 0 Å². The predicted octanol–water partition coefficient (Wildman–Crippen LogP) is 2.32. The van der Waals surface area contributed by atoms with Crippen molar-refractivity contribution in [3.8, 4) is 0 Å². The summed E-state index contributed by atoms with van der Waals surface area (Å²) in [5.41, 5.74) is 6.78. The van der Waals surface area contributed by atoms with Crippen LogP contribution in [-0.2, 0) is 0 Å². The molecule has 2 rings (SSSR count). The van der Waals surface area contributed by atoms with Gasteiger partial charge in [0.25, 0.3) is 5.91 Å². The van der Waals surface area contributed by atoms with E-state index in [0.717, 1.165) is 18.4 Å². The Morgan fingerprint density at radius 2 is 2.15 bits per heavy atom. The smallest absolute Gasteiger partial charge is 0.250 e.